The highest BCUT2D eigenvalue weighted by atomic mass is 16.1. The molecule has 0 N–H and O–H groups in total. The SMILES string of the molecule is O=c1c2ccccc2nc(-c2ccccc2)n1N=Cc1ccc(N2CCCC2)cc1. The number of aromatic nitrogens is 2. The van der Waals surface area contributed by atoms with Crippen molar-refractivity contribution in [1.82, 2.24) is 9.66 Å². The van der Waals surface area contributed by atoms with Gasteiger partial charge in [-0.3, -0.25) is 4.79 Å². The summed E-state index contributed by atoms with van der Waals surface area (Å²) in [4.78, 5) is 20.3. The summed E-state index contributed by atoms with van der Waals surface area (Å²) in [7, 11) is 0. The van der Waals surface area contributed by atoms with Gasteiger partial charge in [-0.1, -0.05) is 54.6 Å². The van der Waals surface area contributed by atoms with Gasteiger partial charge in [-0.2, -0.15) is 9.78 Å². The molecular formula is C25H22N4O. The molecule has 1 fully saturated rings. The van der Waals surface area contributed by atoms with Gasteiger partial charge in [0, 0.05) is 24.3 Å². The normalized spacial score (nSPS) is 14.1. The van der Waals surface area contributed by atoms with E-state index >= 15 is 0 Å². The topological polar surface area (TPSA) is 50.5 Å². The third kappa shape index (κ3) is 3.50. The van der Waals surface area contributed by atoms with Gasteiger partial charge in [0.2, 0.25) is 0 Å². The number of nitrogens with zero attached hydrogens (tertiary/aromatic N) is 4. The molecule has 4 aromatic rings. The second-order valence-corrected chi connectivity index (χ2v) is 7.47. The Balaban J connectivity index is 1.56. The Morgan fingerprint density at radius 3 is 2.30 bits per heavy atom. The first-order valence-corrected chi connectivity index (χ1v) is 10.3. The second-order valence-electron chi connectivity index (χ2n) is 7.47. The maximum absolute atomic E-state index is 13.2. The Hall–Kier alpha value is -3.73. The average Bonchev–Trinajstić information content (AvgIpc) is 3.34. The van der Waals surface area contributed by atoms with E-state index in [2.05, 4.69) is 22.1 Å². The first-order valence-electron chi connectivity index (χ1n) is 10.3. The Bertz CT molecular complexity index is 1250. The first-order chi connectivity index (χ1) is 14.8. The lowest BCUT2D eigenvalue weighted by Crippen LogP contribution is -2.20. The molecule has 30 heavy (non-hydrogen) atoms. The van der Waals surface area contributed by atoms with Crippen LogP contribution in [0.15, 0.2) is 88.8 Å². The number of hydrogen-bond donors (Lipinski definition) is 0. The van der Waals surface area contributed by atoms with Crippen LogP contribution in [0.4, 0.5) is 5.69 Å². The number of anilines is 1. The van der Waals surface area contributed by atoms with Gasteiger partial charge < -0.3 is 4.90 Å². The van der Waals surface area contributed by atoms with Crippen molar-refractivity contribution in [2.75, 3.05) is 18.0 Å². The molecule has 0 atom stereocenters. The van der Waals surface area contributed by atoms with Crippen LogP contribution in [0.3, 0.4) is 0 Å². The Morgan fingerprint density at radius 1 is 0.833 bits per heavy atom. The number of benzene rings is 3. The molecule has 0 saturated carbocycles. The standard InChI is InChI=1S/C25H22N4O/c30-25-22-10-4-5-11-23(22)27-24(20-8-2-1-3-9-20)29(25)26-18-19-12-14-21(15-13-19)28-16-6-7-17-28/h1-5,8-15,18H,6-7,16-17H2. The molecule has 0 amide bonds. The smallest absolute Gasteiger partial charge is 0.282 e. The fourth-order valence-electron chi connectivity index (χ4n) is 3.88. The zero-order valence-electron chi connectivity index (χ0n) is 16.6. The summed E-state index contributed by atoms with van der Waals surface area (Å²) in [6.45, 7) is 2.23. The fraction of sp³-hybridized carbons (Fsp3) is 0.160. The second kappa shape index (κ2) is 7.95. The van der Waals surface area contributed by atoms with Crippen molar-refractivity contribution in [3.63, 3.8) is 0 Å². The summed E-state index contributed by atoms with van der Waals surface area (Å²) in [5.41, 5.74) is 3.52. The fourth-order valence-corrected chi connectivity index (χ4v) is 3.88. The maximum atomic E-state index is 13.2. The number of para-hydroxylation sites is 1. The Labute approximate surface area is 174 Å². The molecule has 2 heterocycles. The molecule has 148 valence electrons. The van der Waals surface area contributed by atoms with Gasteiger partial charge in [-0.05, 0) is 42.7 Å². The molecule has 1 aromatic heterocycles. The monoisotopic (exact) mass is 394 g/mol. The molecule has 1 aliphatic rings. The summed E-state index contributed by atoms with van der Waals surface area (Å²) in [6, 6.07) is 25.4. The van der Waals surface area contributed by atoms with Crippen LogP contribution in [0, 0.1) is 0 Å². The van der Waals surface area contributed by atoms with Crippen LogP contribution in [0.5, 0.6) is 0 Å². The van der Waals surface area contributed by atoms with Crippen molar-refractivity contribution >= 4 is 22.8 Å². The minimum Gasteiger partial charge on any atom is -0.372 e. The van der Waals surface area contributed by atoms with Crippen LogP contribution in [0.2, 0.25) is 0 Å². The van der Waals surface area contributed by atoms with Crippen LogP contribution in [0.1, 0.15) is 18.4 Å². The van der Waals surface area contributed by atoms with E-state index in [1.165, 1.54) is 23.2 Å². The summed E-state index contributed by atoms with van der Waals surface area (Å²) in [5.74, 6) is 0.532. The number of fused-ring (bicyclic) bond motifs is 1. The highest BCUT2D eigenvalue weighted by molar-refractivity contribution is 5.82. The van der Waals surface area contributed by atoms with E-state index in [4.69, 9.17) is 4.98 Å². The molecule has 0 unspecified atom stereocenters. The number of hydrogen-bond acceptors (Lipinski definition) is 4. The van der Waals surface area contributed by atoms with Crippen molar-refractivity contribution in [2.45, 2.75) is 12.8 Å². The predicted molar refractivity (Wildman–Crippen MR) is 122 cm³/mol. The van der Waals surface area contributed by atoms with Gasteiger partial charge in [-0.25, -0.2) is 4.98 Å². The van der Waals surface area contributed by atoms with E-state index in [-0.39, 0.29) is 5.56 Å². The largest absolute Gasteiger partial charge is 0.372 e. The number of rotatable bonds is 4. The third-order valence-electron chi connectivity index (χ3n) is 5.47. The van der Waals surface area contributed by atoms with Crippen molar-refractivity contribution in [2.24, 2.45) is 5.10 Å². The lowest BCUT2D eigenvalue weighted by atomic mass is 10.2. The first kappa shape index (κ1) is 18.3. The quantitative estimate of drug-likeness (QED) is 0.477. The lowest BCUT2D eigenvalue weighted by Gasteiger charge is -2.17. The molecule has 5 heteroatoms. The molecule has 3 aromatic carbocycles. The minimum absolute atomic E-state index is 0.176. The van der Waals surface area contributed by atoms with Crippen LogP contribution in [0.25, 0.3) is 22.3 Å². The van der Waals surface area contributed by atoms with Crippen molar-refractivity contribution < 1.29 is 0 Å². The van der Waals surface area contributed by atoms with Crippen molar-refractivity contribution in [3.05, 3.63) is 94.8 Å². The summed E-state index contributed by atoms with van der Waals surface area (Å²) >= 11 is 0. The van der Waals surface area contributed by atoms with Gasteiger partial charge in [-0.15, -0.1) is 0 Å². The molecular weight excluding hydrogens is 372 g/mol. The van der Waals surface area contributed by atoms with Crippen LogP contribution >= 0.6 is 0 Å². The lowest BCUT2D eigenvalue weighted by molar-refractivity contribution is 0.830. The zero-order chi connectivity index (χ0) is 20.3. The molecule has 1 aliphatic heterocycles. The van der Waals surface area contributed by atoms with E-state index in [1.807, 2.05) is 60.7 Å². The van der Waals surface area contributed by atoms with Crippen LogP contribution in [-0.4, -0.2) is 29.0 Å². The maximum Gasteiger partial charge on any atom is 0.282 e. The van der Waals surface area contributed by atoms with Gasteiger partial charge in [0.15, 0.2) is 5.82 Å². The van der Waals surface area contributed by atoms with Crippen LogP contribution in [-0.2, 0) is 0 Å². The highest BCUT2D eigenvalue weighted by Gasteiger charge is 2.13. The van der Waals surface area contributed by atoms with E-state index < -0.39 is 0 Å². The summed E-state index contributed by atoms with van der Waals surface area (Å²) in [5, 5.41) is 5.09. The van der Waals surface area contributed by atoms with Crippen molar-refractivity contribution in [3.8, 4) is 11.4 Å². The van der Waals surface area contributed by atoms with Gasteiger partial charge in [0.25, 0.3) is 5.56 Å². The zero-order valence-corrected chi connectivity index (χ0v) is 16.6. The Kier molecular flexibility index (Phi) is 4.85. The Morgan fingerprint density at radius 2 is 1.53 bits per heavy atom. The predicted octanol–water partition coefficient (Wildman–Crippen LogP) is 4.55. The highest BCUT2D eigenvalue weighted by Crippen LogP contribution is 2.21. The van der Waals surface area contributed by atoms with E-state index in [0.717, 1.165) is 24.2 Å². The average molecular weight is 394 g/mol. The molecule has 1 saturated heterocycles. The molecule has 0 spiro atoms. The minimum atomic E-state index is -0.176. The molecule has 0 radical (unpaired) electrons. The molecule has 0 aliphatic carbocycles. The van der Waals surface area contributed by atoms with Gasteiger partial charge in [0.05, 0.1) is 17.1 Å². The molecule has 5 nitrogen and oxygen atoms in total. The van der Waals surface area contributed by atoms with E-state index in [0.29, 0.717) is 16.7 Å². The summed E-state index contributed by atoms with van der Waals surface area (Å²) in [6.07, 6.45) is 4.23. The van der Waals surface area contributed by atoms with Crippen molar-refractivity contribution in [1.29, 1.82) is 0 Å². The van der Waals surface area contributed by atoms with E-state index in [1.54, 1.807) is 12.3 Å². The van der Waals surface area contributed by atoms with Gasteiger partial charge in [0.1, 0.15) is 0 Å². The molecule has 5 rings (SSSR count). The summed E-state index contributed by atoms with van der Waals surface area (Å²) < 4.78 is 1.39. The van der Waals surface area contributed by atoms with Gasteiger partial charge >= 0.3 is 0 Å². The van der Waals surface area contributed by atoms with E-state index in [9.17, 15) is 4.79 Å². The third-order valence-corrected chi connectivity index (χ3v) is 5.47. The van der Waals surface area contributed by atoms with Crippen LogP contribution < -0.4 is 10.5 Å². The molecule has 0 bridgehead atoms.